The third kappa shape index (κ3) is 4.30. The van der Waals surface area contributed by atoms with Gasteiger partial charge in [-0.1, -0.05) is 36.2 Å². The summed E-state index contributed by atoms with van der Waals surface area (Å²) in [6.45, 7) is 8.34. The SMILES string of the molecule is CCNS(=O)(=O)c1sc2c(c1C(=O)OC)CCN(Cc1cc(C)cc(C)c1)C2. The molecule has 0 unspecified atom stereocenters. The molecule has 8 heteroatoms. The van der Waals surface area contributed by atoms with Gasteiger partial charge in [0.15, 0.2) is 0 Å². The fourth-order valence-corrected chi connectivity index (χ4v) is 6.75. The number of esters is 1. The Morgan fingerprint density at radius 3 is 2.54 bits per heavy atom. The van der Waals surface area contributed by atoms with Gasteiger partial charge in [-0.2, -0.15) is 0 Å². The predicted molar refractivity (Wildman–Crippen MR) is 110 cm³/mol. The summed E-state index contributed by atoms with van der Waals surface area (Å²) in [5, 5.41) is 0. The molecule has 152 valence electrons. The maximum Gasteiger partial charge on any atom is 0.340 e. The van der Waals surface area contributed by atoms with Gasteiger partial charge in [0.05, 0.1) is 12.7 Å². The normalized spacial score (nSPS) is 14.7. The van der Waals surface area contributed by atoms with E-state index in [1.807, 2.05) is 0 Å². The Kier molecular flexibility index (Phi) is 6.24. The van der Waals surface area contributed by atoms with Crippen LogP contribution in [0.4, 0.5) is 0 Å². The van der Waals surface area contributed by atoms with E-state index in [1.54, 1.807) is 6.92 Å². The number of thiophene rings is 1. The highest BCUT2D eigenvalue weighted by atomic mass is 32.2. The second-order valence-electron chi connectivity index (χ2n) is 7.12. The van der Waals surface area contributed by atoms with E-state index in [-0.39, 0.29) is 16.3 Å². The number of benzene rings is 1. The second-order valence-corrected chi connectivity index (χ2v) is 10.2. The Balaban J connectivity index is 1.92. The number of ether oxygens (including phenoxy) is 1. The number of nitrogens with zero attached hydrogens (tertiary/aromatic N) is 1. The molecule has 0 saturated heterocycles. The quantitative estimate of drug-likeness (QED) is 0.725. The minimum atomic E-state index is -3.73. The number of hydrogen-bond acceptors (Lipinski definition) is 6. The highest BCUT2D eigenvalue weighted by Gasteiger charge is 2.33. The van der Waals surface area contributed by atoms with E-state index in [0.717, 1.165) is 23.5 Å². The van der Waals surface area contributed by atoms with E-state index in [4.69, 9.17) is 4.74 Å². The fraction of sp³-hybridized carbons (Fsp3) is 0.450. The molecule has 0 amide bonds. The van der Waals surface area contributed by atoms with Crippen molar-refractivity contribution in [1.29, 1.82) is 0 Å². The van der Waals surface area contributed by atoms with Gasteiger partial charge in [0.1, 0.15) is 4.21 Å². The van der Waals surface area contributed by atoms with Crippen molar-refractivity contribution < 1.29 is 17.9 Å². The number of carbonyl (C=O) groups excluding carboxylic acids is 1. The zero-order valence-corrected chi connectivity index (χ0v) is 18.3. The van der Waals surface area contributed by atoms with Crippen molar-refractivity contribution in [3.8, 4) is 0 Å². The van der Waals surface area contributed by atoms with Crippen LogP contribution in [-0.4, -0.2) is 39.5 Å². The number of sulfonamides is 1. The van der Waals surface area contributed by atoms with Crippen LogP contribution in [0.2, 0.25) is 0 Å². The maximum absolute atomic E-state index is 12.6. The Hall–Kier alpha value is -1.74. The van der Waals surface area contributed by atoms with Crippen LogP contribution in [0.3, 0.4) is 0 Å². The van der Waals surface area contributed by atoms with Crippen molar-refractivity contribution in [2.75, 3.05) is 20.2 Å². The second kappa shape index (κ2) is 8.32. The molecule has 0 fully saturated rings. The fourth-order valence-electron chi connectivity index (χ4n) is 3.74. The van der Waals surface area contributed by atoms with Crippen molar-refractivity contribution in [3.05, 3.63) is 50.9 Å². The summed E-state index contributed by atoms with van der Waals surface area (Å²) in [6.07, 6.45) is 0.628. The first-order valence-corrected chi connectivity index (χ1v) is 11.6. The first kappa shape index (κ1) is 21.0. The standard InChI is InChI=1S/C20H26N2O4S2/c1-5-21-28(24,25)20-18(19(23)26-4)16-6-7-22(12-17(16)27-20)11-15-9-13(2)8-14(3)10-15/h8-10,21H,5-7,11-12H2,1-4H3. The topological polar surface area (TPSA) is 75.7 Å². The Labute approximate surface area is 170 Å². The summed E-state index contributed by atoms with van der Waals surface area (Å²) in [4.78, 5) is 15.6. The van der Waals surface area contributed by atoms with Gasteiger partial charge in [-0.3, -0.25) is 4.90 Å². The highest BCUT2D eigenvalue weighted by Crippen LogP contribution is 2.37. The highest BCUT2D eigenvalue weighted by molar-refractivity contribution is 7.91. The molecule has 0 atom stereocenters. The molecular weight excluding hydrogens is 396 g/mol. The van der Waals surface area contributed by atoms with Crippen LogP contribution in [0.1, 0.15) is 44.4 Å². The molecule has 2 aromatic rings. The van der Waals surface area contributed by atoms with Crippen molar-refractivity contribution in [2.24, 2.45) is 0 Å². The number of nitrogens with one attached hydrogen (secondary N) is 1. The van der Waals surface area contributed by atoms with Crippen LogP contribution in [0, 0.1) is 13.8 Å². The summed E-state index contributed by atoms with van der Waals surface area (Å²) >= 11 is 1.18. The molecule has 1 aliphatic rings. The third-order valence-electron chi connectivity index (χ3n) is 4.76. The van der Waals surface area contributed by atoms with Gasteiger partial charge in [0, 0.05) is 31.1 Å². The number of methoxy groups -OCH3 is 1. The van der Waals surface area contributed by atoms with E-state index >= 15 is 0 Å². The lowest BCUT2D eigenvalue weighted by molar-refractivity contribution is 0.0595. The molecule has 28 heavy (non-hydrogen) atoms. The minimum absolute atomic E-state index is 0.0689. The van der Waals surface area contributed by atoms with E-state index < -0.39 is 16.0 Å². The van der Waals surface area contributed by atoms with Crippen molar-refractivity contribution in [3.63, 3.8) is 0 Å². The van der Waals surface area contributed by atoms with Gasteiger partial charge in [0.25, 0.3) is 10.0 Å². The van der Waals surface area contributed by atoms with Crippen LogP contribution >= 0.6 is 11.3 Å². The van der Waals surface area contributed by atoms with Crippen molar-refractivity contribution in [2.45, 2.75) is 44.5 Å². The summed E-state index contributed by atoms with van der Waals surface area (Å²) in [7, 11) is -2.45. The van der Waals surface area contributed by atoms with Crippen LogP contribution in [0.15, 0.2) is 22.4 Å². The summed E-state index contributed by atoms with van der Waals surface area (Å²) in [5.41, 5.74) is 4.72. The van der Waals surface area contributed by atoms with Crippen LogP contribution in [0.5, 0.6) is 0 Å². The third-order valence-corrected chi connectivity index (χ3v) is 8.04. The molecule has 1 aromatic carbocycles. The number of carbonyl (C=O) groups is 1. The Morgan fingerprint density at radius 2 is 1.93 bits per heavy atom. The lowest BCUT2D eigenvalue weighted by Gasteiger charge is -2.27. The zero-order valence-electron chi connectivity index (χ0n) is 16.7. The van der Waals surface area contributed by atoms with Gasteiger partial charge in [-0.25, -0.2) is 17.9 Å². The minimum Gasteiger partial charge on any atom is -0.465 e. The average Bonchev–Trinajstić information content (AvgIpc) is 3.00. The summed E-state index contributed by atoms with van der Waals surface area (Å²) in [6, 6.07) is 6.51. The molecule has 3 rings (SSSR count). The molecule has 0 aliphatic carbocycles. The number of fused-ring (bicyclic) bond motifs is 1. The number of aryl methyl sites for hydroxylation is 2. The zero-order chi connectivity index (χ0) is 20.5. The van der Waals surface area contributed by atoms with Gasteiger partial charge < -0.3 is 4.74 Å². The molecule has 2 heterocycles. The van der Waals surface area contributed by atoms with Crippen LogP contribution in [-0.2, 0) is 34.3 Å². The molecule has 0 radical (unpaired) electrons. The number of rotatable bonds is 6. The maximum atomic E-state index is 12.6. The van der Waals surface area contributed by atoms with Gasteiger partial charge in [-0.15, -0.1) is 11.3 Å². The summed E-state index contributed by atoms with van der Waals surface area (Å²) in [5.74, 6) is -0.586. The summed E-state index contributed by atoms with van der Waals surface area (Å²) < 4.78 is 32.7. The molecular formula is C20H26N2O4S2. The van der Waals surface area contributed by atoms with Crippen LogP contribution < -0.4 is 4.72 Å². The number of hydrogen-bond donors (Lipinski definition) is 1. The van der Waals surface area contributed by atoms with E-state index in [9.17, 15) is 13.2 Å². The molecule has 6 nitrogen and oxygen atoms in total. The molecule has 0 spiro atoms. The molecule has 1 N–H and O–H groups in total. The Bertz CT molecular complexity index is 976. The largest absolute Gasteiger partial charge is 0.465 e. The molecule has 0 bridgehead atoms. The average molecular weight is 423 g/mol. The van der Waals surface area contributed by atoms with E-state index in [0.29, 0.717) is 13.0 Å². The van der Waals surface area contributed by atoms with Crippen molar-refractivity contribution >= 4 is 27.3 Å². The first-order valence-electron chi connectivity index (χ1n) is 9.27. The molecule has 1 aromatic heterocycles. The lowest BCUT2D eigenvalue weighted by atomic mass is 10.0. The first-order chi connectivity index (χ1) is 13.2. The smallest absolute Gasteiger partial charge is 0.340 e. The molecule has 0 saturated carbocycles. The van der Waals surface area contributed by atoms with Crippen LogP contribution in [0.25, 0.3) is 0 Å². The van der Waals surface area contributed by atoms with Gasteiger partial charge in [-0.05, 0) is 31.4 Å². The van der Waals surface area contributed by atoms with E-state index in [2.05, 4.69) is 41.7 Å². The Morgan fingerprint density at radius 1 is 1.25 bits per heavy atom. The van der Waals surface area contributed by atoms with Gasteiger partial charge in [0.2, 0.25) is 0 Å². The molecule has 1 aliphatic heterocycles. The van der Waals surface area contributed by atoms with Crippen molar-refractivity contribution in [1.82, 2.24) is 9.62 Å². The lowest BCUT2D eigenvalue weighted by Crippen LogP contribution is -2.30. The monoisotopic (exact) mass is 422 g/mol. The van der Waals surface area contributed by atoms with E-state index in [1.165, 1.54) is 35.1 Å². The van der Waals surface area contributed by atoms with Gasteiger partial charge >= 0.3 is 5.97 Å². The predicted octanol–water partition coefficient (Wildman–Crippen LogP) is 3.01.